The number of rotatable bonds is 6. The van der Waals surface area contributed by atoms with E-state index in [1.807, 2.05) is 0 Å². The van der Waals surface area contributed by atoms with Gasteiger partial charge in [0.25, 0.3) is 5.91 Å². The fourth-order valence-corrected chi connectivity index (χ4v) is 2.25. The van der Waals surface area contributed by atoms with Crippen molar-refractivity contribution >= 4 is 28.1 Å². The Hall–Kier alpha value is -2.47. The number of nitrogens with one attached hydrogen (secondary N) is 1. The number of nitrogens with zero attached hydrogens (tertiary/aromatic N) is 1. The Balaban J connectivity index is 2.00. The predicted octanol–water partition coefficient (Wildman–Crippen LogP) is 3.92. The molecule has 2 rings (SSSR count). The van der Waals surface area contributed by atoms with Crippen LogP contribution in [0.2, 0.25) is 0 Å². The highest BCUT2D eigenvalue weighted by atomic mass is 79.9. The minimum absolute atomic E-state index is 0.0565. The molecule has 2 aromatic rings. The maximum absolute atomic E-state index is 13.4. The van der Waals surface area contributed by atoms with Gasteiger partial charge in [-0.05, 0) is 51.8 Å². The van der Waals surface area contributed by atoms with Gasteiger partial charge in [0.15, 0.2) is 0 Å². The van der Waals surface area contributed by atoms with Crippen LogP contribution in [0.25, 0.3) is 0 Å². The molecule has 0 aromatic heterocycles. The van der Waals surface area contributed by atoms with Crippen molar-refractivity contribution in [3.63, 3.8) is 0 Å². The van der Waals surface area contributed by atoms with E-state index >= 15 is 0 Å². The molecule has 0 atom stereocenters. The van der Waals surface area contributed by atoms with Gasteiger partial charge in [-0.25, -0.2) is 9.82 Å². The molecule has 0 unspecified atom stereocenters. The normalized spacial score (nSPS) is 10.5. The molecule has 118 valence electrons. The number of carbonyl (C=O) groups is 1. The Labute approximate surface area is 141 Å². The fourth-order valence-electron chi connectivity index (χ4n) is 1.73. The van der Waals surface area contributed by atoms with Gasteiger partial charge in [0.05, 0.1) is 16.3 Å². The molecule has 1 amide bonds. The Morgan fingerprint density at radius 2 is 2.13 bits per heavy atom. The van der Waals surface area contributed by atoms with Crippen LogP contribution in [-0.4, -0.2) is 18.7 Å². The lowest BCUT2D eigenvalue weighted by Gasteiger charge is -2.06. The summed E-state index contributed by atoms with van der Waals surface area (Å²) < 4.78 is 19.6. The molecule has 0 spiro atoms. The highest BCUT2D eigenvalue weighted by Crippen LogP contribution is 2.25. The summed E-state index contributed by atoms with van der Waals surface area (Å²) in [5, 5.41) is 3.82. The molecular formula is C17H14BrFN2O2. The van der Waals surface area contributed by atoms with E-state index in [2.05, 4.69) is 33.0 Å². The second kappa shape index (κ2) is 8.24. The number of amides is 1. The number of hydrogen-bond donors (Lipinski definition) is 1. The van der Waals surface area contributed by atoms with Crippen molar-refractivity contribution in [2.24, 2.45) is 5.10 Å². The first-order valence-electron chi connectivity index (χ1n) is 6.73. The van der Waals surface area contributed by atoms with Gasteiger partial charge in [-0.3, -0.25) is 4.79 Å². The van der Waals surface area contributed by atoms with E-state index in [9.17, 15) is 9.18 Å². The molecule has 23 heavy (non-hydrogen) atoms. The zero-order valence-electron chi connectivity index (χ0n) is 12.1. The Morgan fingerprint density at radius 1 is 1.35 bits per heavy atom. The van der Waals surface area contributed by atoms with Gasteiger partial charge in [0.2, 0.25) is 0 Å². The maximum atomic E-state index is 13.4. The molecule has 0 aliphatic heterocycles. The lowest BCUT2D eigenvalue weighted by atomic mass is 10.2. The SMILES string of the molecule is C=CCOc1ccc(/C=N\NC(=O)c2ccccc2F)cc1Br. The molecule has 0 bridgehead atoms. The minimum atomic E-state index is -0.607. The molecule has 0 saturated carbocycles. The quantitative estimate of drug-likeness (QED) is 0.471. The molecule has 4 nitrogen and oxygen atoms in total. The van der Waals surface area contributed by atoms with E-state index in [0.29, 0.717) is 12.4 Å². The van der Waals surface area contributed by atoms with Crippen LogP contribution in [0.5, 0.6) is 5.75 Å². The number of hydrogen-bond acceptors (Lipinski definition) is 3. The number of benzene rings is 2. The maximum Gasteiger partial charge on any atom is 0.274 e. The lowest BCUT2D eigenvalue weighted by molar-refractivity contribution is 0.0951. The van der Waals surface area contributed by atoms with Gasteiger partial charge in [-0.2, -0.15) is 5.10 Å². The standard InChI is InChI=1S/C17H14BrFN2O2/c1-2-9-23-16-8-7-12(10-14(16)18)11-20-21-17(22)13-5-3-4-6-15(13)19/h2-8,10-11H,1,9H2,(H,21,22)/b20-11-. The van der Waals surface area contributed by atoms with Crippen molar-refractivity contribution in [1.82, 2.24) is 5.43 Å². The Kier molecular flexibility index (Phi) is 6.05. The second-order valence-electron chi connectivity index (χ2n) is 4.47. The number of ether oxygens (including phenoxy) is 1. The Morgan fingerprint density at radius 3 is 2.83 bits per heavy atom. The van der Waals surface area contributed by atoms with Crippen LogP contribution in [-0.2, 0) is 0 Å². The molecule has 2 aromatic carbocycles. The van der Waals surface area contributed by atoms with Gasteiger partial charge < -0.3 is 4.74 Å². The van der Waals surface area contributed by atoms with E-state index < -0.39 is 11.7 Å². The number of halogens is 2. The van der Waals surface area contributed by atoms with Crippen LogP contribution in [0.15, 0.2) is 64.7 Å². The van der Waals surface area contributed by atoms with Crippen LogP contribution in [0, 0.1) is 5.82 Å². The Bertz CT molecular complexity index is 747. The summed E-state index contributed by atoms with van der Waals surface area (Å²) in [6.07, 6.45) is 3.11. The van der Waals surface area contributed by atoms with Crippen LogP contribution in [0.4, 0.5) is 4.39 Å². The highest BCUT2D eigenvalue weighted by molar-refractivity contribution is 9.10. The first-order valence-corrected chi connectivity index (χ1v) is 7.52. The van der Waals surface area contributed by atoms with E-state index in [1.165, 1.54) is 24.4 Å². The van der Waals surface area contributed by atoms with Crippen molar-refractivity contribution in [2.45, 2.75) is 0 Å². The summed E-state index contributed by atoms with van der Waals surface area (Å²) in [6.45, 7) is 3.99. The monoisotopic (exact) mass is 376 g/mol. The third-order valence-corrected chi connectivity index (χ3v) is 3.43. The average molecular weight is 377 g/mol. The fraction of sp³-hybridized carbons (Fsp3) is 0.0588. The van der Waals surface area contributed by atoms with E-state index in [0.717, 1.165) is 10.0 Å². The largest absolute Gasteiger partial charge is 0.488 e. The van der Waals surface area contributed by atoms with Crippen molar-refractivity contribution in [2.75, 3.05) is 6.61 Å². The summed E-state index contributed by atoms with van der Waals surface area (Å²) in [5.41, 5.74) is 2.98. The molecule has 0 saturated heterocycles. The molecular weight excluding hydrogens is 363 g/mol. The highest BCUT2D eigenvalue weighted by Gasteiger charge is 2.09. The topological polar surface area (TPSA) is 50.7 Å². The smallest absolute Gasteiger partial charge is 0.274 e. The first kappa shape index (κ1) is 16.9. The lowest BCUT2D eigenvalue weighted by Crippen LogP contribution is -2.18. The van der Waals surface area contributed by atoms with Crippen molar-refractivity contribution in [3.8, 4) is 5.75 Å². The zero-order valence-corrected chi connectivity index (χ0v) is 13.7. The van der Waals surface area contributed by atoms with Gasteiger partial charge in [-0.1, -0.05) is 24.8 Å². The van der Waals surface area contributed by atoms with E-state index in [4.69, 9.17) is 4.74 Å². The number of carbonyl (C=O) groups excluding carboxylic acids is 1. The molecule has 1 N–H and O–H groups in total. The summed E-state index contributed by atoms with van der Waals surface area (Å²) in [6, 6.07) is 11.1. The summed E-state index contributed by atoms with van der Waals surface area (Å²) in [4.78, 5) is 11.8. The molecule has 0 fully saturated rings. The summed E-state index contributed by atoms with van der Waals surface area (Å²) >= 11 is 3.39. The third-order valence-electron chi connectivity index (χ3n) is 2.81. The van der Waals surface area contributed by atoms with Crippen LogP contribution < -0.4 is 10.2 Å². The van der Waals surface area contributed by atoms with Gasteiger partial charge in [-0.15, -0.1) is 0 Å². The van der Waals surface area contributed by atoms with Gasteiger partial charge >= 0.3 is 0 Å². The average Bonchev–Trinajstić information content (AvgIpc) is 2.54. The van der Waals surface area contributed by atoms with Crippen molar-refractivity contribution < 1.29 is 13.9 Å². The summed E-state index contributed by atoms with van der Waals surface area (Å²) in [5.74, 6) is -0.520. The van der Waals surface area contributed by atoms with Gasteiger partial charge in [0.1, 0.15) is 18.2 Å². The van der Waals surface area contributed by atoms with Crippen molar-refractivity contribution in [3.05, 3.63) is 76.5 Å². The predicted molar refractivity (Wildman–Crippen MR) is 91.3 cm³/mol. The zero-order chi connectivity index (χ0) is 16.7. The van der Waals surface area contributed by atoms with Crippen LogP contribution in [0.1, 0.15) is 15.9 Å². The van der Waals surface area contributed by atoms with Crippen molar-refractivity contribution in [1.29, 1.82) is 0 Å². The van der Waals surface area contributed by atoms with Crippen LogP contribution >= 0.6 is 15.9 Å². The molecule has 6 heteroatoms. The molecule has 0 aliphatic rings. The molecule has 0 heterocycles. The first-order chi connectivity index (χ1) is 11.1. The molecule has 0 aliphatic carbocycles. The minimum Gasteiger partial charge on any atom is -0.488 e. The summed E-state index contributed by atoms with van der Waals surface area (Å²) in [7, 11) is 0. The third kappa shape index (κ3) is 4.75. The second-order valence-corrected chi connectivity index (χ2v) is 5.32. The van der Waals surface area contributed by atoms with Gasteiger partial charge in [0, 0.05) is 0 Å². The van der Waals surface area contributed by atoms with Crippen LogP contribution in [0.3, 0.4) is 0 Å². The van der Waals surface area contributed by atoms with E-state index in [1.54, 1.807) is 30.3 Å². The van der Waals surface area contributed by atoms with E-state index in [-0.39, 0.29) is 5.56 Å². The molecule has 0 radical (unpaired) electrons. The number of hydrazone groups is 1.